The molecule has 0 bridgehead atoms. The quantitative estimate of drug-likeness (QED) is 0.650. The molecule has 0 aliphatic carbocycles. The first-order valence-electron chi connectivity index (χ1n) is 4.96. The van der Waals surface area contributed by atoms with Crippen molar-refractivity contribution < 1.29 is 14.7 Å². The maximum atomic E-state index is 11.9. The molecule has 0 fully saturated rings. The first-order chi connectivity index (χ1) is 7.43. The molecule has 1 rings (SSSR count). The van der Waals surface area contributed by atoms with Gasteiger partial charge in [-0.05, 0) is 30.2 Å². The molecule has 0 spiro atoms. The van der Waals surface area contributed by atoms with E-state index in [9.17, 15) is 9.59 Å². The molecule has 3 nitrogen and oxygen atoms in total. The number of carbonyl (C=O) groups is 2. The lowest BCUT2D eigenvalue weighted by atomic mass is 9.88. The van der Waals surface area contributed by atoms with Crippen molar-refractivity contribution in [2.24, 2.45) is 11.8 Å². The Morgan fingerprint density at radius 1 is 1.19 bits per heavy atom. The fourth-order valence-electron chi connectivity index (χ4n) is 1.49. The number of benzene rings is 1. The van der Waals surface area contributed by atoms with Gasteiger partial charge in [0.2, 0.25) is 0 Å². The Labute approximate surface area is 99.0 Å². The molecule has 0 saturated carbocycles. The van der Waals surface area contributed by atoms with Gasteiger partial charge < -0.3 is 5.11 Å². The van der Waals surface area contributed by atoms with Gasteiger partial charge >= 0.3 is 5.97 Å². The standard InChI is InChI=1S/C12H13ClO3/c1-7(2)10(12(15)16)11(14)8-3-5-9(13)6-4-8/h3-7,10H,1-2H3,(H,15,16). The molecule has 0 aromatic heterocycles. The Morgan fingerprint density at radius 2 is 1.69 bits per heavy atom. The molecule has 0 heterocycles. The highest BCUT2D eigenvalue weighted by Crippen LogP contribution is 2.19. The SMILES string of the molecule is CC(C)C(C(=O)O)C(=O)c1ccc(Cl)cc1. The Kier molecular flexibility index (Phi) is 4.07. The highest BCUT2D eigenvalue weighted by Gasteiger charge is 2.30. The van der Waals surface area contributed by atoms with E-state index in [1.54, 1.807) is 38.1 Å². The van der Waals surface area contributed by atoms with Crippen molar-refractivity contribution in [2.75, 3.05) is 0 Å². The lowest BCUT2D eigenvalue weighted by Crippen LogP contribution is -2.28. The van der Waals surface area contributed by atoms with Crippen molar-refractivity contribution >= 4 is 23.4 Å². The molecule has 1 unspecified atom stereocenters. The highest BCUT2D eigenvalue weighted by atomic mass is 35.5. The normalized spacial score (nSPS) is 12.5. The van der Waals surface area contributed by atoms with E-state index < -0.39 is 11.9 Å². The number of ketones is 1. The number of hydrogen-bond donors (Lipinski definition) is 1. The number of aliphatic carboxylic acids is 1. The number of Topliss-reactive ketones (excluding diaryl/α,β-unsaturated/α-hetero) is 1. The summed E-state index contributed by atoms with van der Waals surface area (Å²) < 4.78 is 0. The monoisotopic (exact) mass is 240 g/mol. The van der Waals surface area contributed by atoms with Crippen LogP contribution in [0.3, 0.4) is 0 Å². The van der Waals surface area contributed by atoms with E-state index in [0.717, 1.165) is 0 Å². The molecule has 86 valence electrons. The maximum Gasteiger partial charge on any atom is 0.314 e. The summed E-state index contributed by atoms with van der Waals surface area (Å²) in [6, 6.07) is 6.24. The first kappa shape index (κ1) is 12.7. The molecule has 16 heavy (non-hydrogen) atoms. The molecule has 0 saturated heterocycles. The number of hydrogen-bond acceptors (Lipinski definition) is 2. The molecular formula is C12H13ClO3. The number of carbonyl (C=O) groups excluding carboxylic acids is 1. The summed E-state index contributed by atoms with van der Waals surface area (Å²) in [7, 11) is 0. The van der Waals surface area contributed by atoms with E-state index in [1.165, 1.54) is 0 Å². The Morgan fingerprint density at radius 3 is 2.06 bits per heavy atom. The van der Waals surface area contributed by atoms with Crippen molar-refractivity contribution in [1.82, 2.24) is 0 Å². The van der Waals surface area contributed by atoms with Crippen LogP contribution >= 0.6 is 11.6 Å². The van der Waals surface area contributed by atoms with Crippen LogP contribution in [-0.2, 0) is 4.79 Å². The van der Waals surface area contributed by atoms with E-state index in [4.69, 9.17) is 16.7 Å². The lowest BCUT2D eigenvalue weighted by Gasteiger charge is -2.14. The predicted molar refractivity (Wildman–Crippen MR) is 61.7 cm³/mol. The minimum absolute atomic E-state index is 0.235. The second-order valence-corrected chi connectivity index (χ2v) is 4.37. The third-order valence-electron chi connectivity index (χ3n) is 2.34. The van der Waals surface area contributed by atoms with Gasteiger partial charge in [-0.15, -0.1) is 0 Å². The van der Waals surface area contributed by atoms with E-state index in [2.05, 4.69) is 0 Å². The second-order valence-electron chi connectivity index (χ2n) is 3.93. The van der Waals surface area contributed by atoms with Crippen molar-refractivity contribution in [3.63, 3.8) is 0 Å². The van der Waals surface area contributed by atoms with Crippen LogP contribution in [0.15, 0.2) is 24.3 Å². The van der Waals surface area contributed by atoms with E-state index in [0.29, 0.717) is 10.6 Å². The van der Waals surface area contributed by atoms with E-state index in [-0.39, 0.29) is 11.7 Å². The van der Waals surface area contributed by atoms with Gasteiger partial charge in [0.15, 0.2) is 5.78 Å². The summed E-state index contributed by atoms with van der Waals surface area (Å²) in [5.41, 5.74) is 0.380. The van der Waals surface area contributed by atoms with Crippen LogP contribution in [0.25, 0.3) is 0 Å². The summed E-state index contributed by atoms with van der Waals surface area (Å²) in [5, 5.41) is 9.50. The smallest absolute Gasteiger partial charge is 0.314 e. The zero-order valence-corrected chi connectivity index (χ0v) is 9.86. The van der Waals surface area contributed by atoms with Crippen LogP contribution < -0.4 is 0 Å². The average Bonchev–Trinajstić information content (AvgIpc) is 2.17. The highest BCUT2D eigenvalue weighted by molar-refractivity contribution is 6.30. The van der Waals surface area contributed by atoms with Crippen LogP contribution in [0.5, 0.6) is 0 Å². The Balaban J connectivity index is 2.99. The molecule has 4 heteroatoms. The van der Waals surface area contributed by atoms with Crippen molar-refractivity contribution in [3.05, 3.63) is 34.9 Å². The van der Waals surface area contributed by atoms with Gasteiger partial charge in [-0.3, -0.25) is 9.59 Å². The minimum Gasteiger partial charge on any atom is -0.481 e. The van der Waals surface area contributed by atoms with Crippen LogP contribution in [0.1, 0.15) is 24.2 Å². The molecule has 0 amide bonds. The molecular weight excluding hydrogens is 228 g/mol. The van der Waals surface area contributed by atoms with Gasteiger partial charge in [-0.1, -0.05) is 25.4 Å². The molecule has 1 aromatic carbocycles. The van der Waals surface area contributed by atoms with E-state index in [1.807, 2.05) is 0 Å². The van der Waals surface area contributed by atoms with Crippen molar-refractivity contribution in [1.29, 1.82) is 0 Å². The van der Waals surface area contributed by atoms with Gasteiger partial charge in [0.1, 0.15) is 5.92 Å². The average molecular weight is 241 g/mol. The summed E-state index contributed by atoms with van der Waals surface area (Å²) in [4.78, 5) is 22.9. The van der Waals surface area contributed by atoms with Crippen LogP contribution in [0, 0.1) is 11.8 Å². The van der Waals surface area contributed by atoms with Gasteiger partial charge in [0.25, 0.3) is 0 Å². The molecule has 1 N–H and O–H groups in total. The van der Waals surface area contributed by atoms with Crippen LogP contribution in [0.2, 0.25) is 5.02 Å². The maximum absolute atomic E-state index is 11.9. The minimum atomic E-state index is -1.09. The van der Waals surface area contributed by atoms with Gasteiger partial charge in [0.05, 0.1) is 0 Å². The topological polar surface area (TPSA) is 54.4 Å². The predicted octanol–water partition coefficient (Wildman–Crippen LogP) is 2.88. The molecule has 0 aliphatic rings. The summed E-state index contributed by atoms with van der Waals surface area (Å²) in [5.74, 6) is -2.70. The number of carboxylic acid groups (broad SMARTS) is 1. The van der Waals surface area contributed by atoms with Crippen LogP contribution in [-0.4, -0.2) is 16.9 Å². The van der Waals surface area contributed by atoms with Gasteiger partial charge in [0, 0.05) is 10.6 Å². The number of rotatable bonds is 4. The Bertz CT molecular complexity index is 395. The van der Waals surface area contributed by atoms with Crippen molar-refractivity contribution in [3.8, 4) is 0 Å². The van der Waals surface area contributed by atoms with E-state index >= 15 is 0 Å². The summed E-state index contributed by atoms with van der Waals surface area (Å²) in [6.45, 7) is 3.43. The fraction of sp³-hybridized carbons (Fsp3) is 0.333. The molecule has 1 aromatic rings. The molecule has 0 radical (unpaired) electrons. The summed E-state index contributed by atoms with van der Waals surface area (Å²) >= 11 is 5.69. The van der Waals surface area contributed by atoms with Crippen LogP contribution in [0.4, 0.5) is 0 Å². The zero-order valence-electron chi connectivity index (χ0n) is 9.11. The fourth-order valence-corrected chi connectivity index (χ4v) is 1.62. The summed E-state index contributed by atoms with van der Waals surface area (Å²) in [6.07, 6.45) is 0. The van der Waals surface area contributed by atoms with Crippen molar-refractivity contribution in [2.45, 2.75) is 13.8 Å². The Hall–Kier alpha value is -1.35. The largest absolute Gasteiger partial charge is 0.481 e. The lowest BCUT2D eigenvalue weighted by molar-refractivity contribution is -0.141. The number of carboxylic acids is 1. The number of halogens is 1. The zero-order chi connectivity index (χ0) is 12.3. The molecule has 0 aliphatic heterocycles. The third kappa shape index (κ3) is 2.83. The third-order valence-corrected chi connectivity index (χ3v) is 2.60. The van der Waals surface area contributed by atoms with Gasteiger partial charge in [-0.25, -0.2) is 0 Å². The van der Waals surface area contributed by atoms with Gasteiger partial charge in [-0.2, -0.15) is 0 Å². The first-order valence-corrected chi connectivity index (χ1v) is 5.34. The second kappa shape index (κ2) is 5.12. The molecule has 1 atom stereocenters.